The first-order valence-electron chi connectivity index (χ1n) is 12.5. The Balaban J connectivity index is 1.21. The van der Waals surface area contributed by atoms with Gasteiger partial charge in [0.15, 0.2) is 0 Å². The fourth-order valence-corrected chi connectivity index (χ4v) is 4.65. The molecule has 34 heavy (non-hydrogen) atoms. The molecule has 0 radical (unpaired) electrons. The topological polar surface area (TPSA) is 87.4 Å². The fourth-order valence-electron chi connectivity index (χ4n) is 4.65. The van der Waals surface area contributed by atoms with Crippen molar-refractivity contribution in [2.75, 3.05) is 37.6 Å². The summed E-state index contributed by atoms with van der Waals surface area (Å²) in [7, 11) is 0. The molecule has 0 aliphatic carbocycles. The summed E-state index contributed by atoms with van der Waals surface area (Å²) >= 11 is 0. The van der Waals surface area contributed by atoms with E-state index in [0.717, 1.165) is 75.4 Å². The fraction of sp³-hybridized carbons (Fsp3) is 0.538. The second-order valence-electron chi connectivity index (χ2n) is 9.17. The lowest BCUT2D eigenvalue weighted by Gasteiger charge is -2.32. The molecule has 182 valence electrons. The van der Waals surface area contributed by atoms with Crippen molar-refractivity contribution in [3.05, 3.63) is 47.9 Å². The van der Waals surface area contributed by atoms with Gasteiger partial charge in [-0.2, -0.15) is 4.98 Å². The maximum Gasteiger partial charge on any atom is 0.263 e. The van der Waals surface area contributed by atoms with Gasteiger partial charge < -0.3 is 14.7 Å². The lowest BCUT2D eigenvalue weighted by molar-refractivity contribution is -0.125. The van der Waals surface area contributed by atoms with Crippen LogP contribution in [0.25, 0.3) is 11.1 Å². The van der Waals surface area contributed by atoms with Gasteiger partial charge in [0.05, 0.1) is 5.69 Å². The van der Waals surface area contributed by atoms with Crippen molar-refractivity contribution in [3.63, 3.8) is 0 Å². The van der Waals surface area contributed by atoms with E-state index in [2.05, 4.69) is 67.5 Å². The van der Waals surface area contributed by atoms with Crippen molar-refractivity contribution in [2.45, 2.75) is 52.5 Å². The van der Waals surface area contributed by atoms with Gasteiger partial charge in [0.2, 0.25) is 5.91 Å². The summed E-state index contributed by atoms with van der Waals surface area (Å²) in [5.41, 5.74) is 2.66. The van der Waals surface area contributed by atoms with E-state index in [-0.39, 0.29) is 11.8 Å². The van der Waals surface area contributed by atoms with Gasteiger partial charge in [0.1, 0.15) is 17.5 Å². The summed E-state index contributed by atoms with van der Waals surface area (Å²) in [5.74, 6) is 1.09. The van der Waals surface area contributed by atoms with Crippen molar-refractivity contribution in [3.8, 4) is 0 Å². The molecule has 1 saturated heterocycles. The number of nitrogens with one attached hydrogen (secondary N) is 1. The van der Waals surface area contributed by atoms with Crippen molar-refractivity contribution in [1.82, 2.24) is 25.3 Å². The Bertz CT molecular complexity index is 1050. The van der Waals surface area contributed by atoms with Gasteiger partial charge in [-0.3, -0.25) is 9.69 Å². The Kier molecular flexibility index (Phi) is 8.46. The first-order valence-corrected chi connectivity index (χ1v) is 12.5. The molecule has 1 aromatic carbocycles. The van der Waals surface area contributed by atoms with Crippen LogP contribution in [0.4, 0.5) is 5.82 Å². The largest absolute Gasteiger partial charge is 0.356 e. The summed E-state index contributed by atoms with van der Waals surface area (Å²) in [6.45, 7) is 9.50. The quantitative estimate of drug-likeness (QED) is 0.430. The predicted molar refractivity (Wildman–Crippen MR) is 134 cm³/mol. The Hall–Kier alpha value is -3.00. The summed E-state index contributed by atoms with van der Waals surface area (Å²) in [5, 5.41) is 8.07. The van der Waals surface area contributed by atoms with Gasteiger partial charge in [-0.25, -0.2) is 4.98 Å². The Morgan fingerprint density at radius 3 is 2.68 bits per heavy atom. The van der Waals surface area contributed by atoms with Crippen LogP contribution in [-0.4, -0.2) is 58.7 Å². The first-order chi connectivity index (χ1) is 16.7. The molecular formula is C26H36N6O2. The zero-order valence-electron chi connectivity index (χ0n) is 20.4. The number of hydrogen-bond donors (Lipinski definition) is 1. The van der Waals surface area contributed by atoms with E-state index in [0.29, 0.717) is 5.71 Å². The number of aromatic nitrogens is 3. The number of amides is 1. The number of anilines is 1. The lowest BCUT2D eigenvalue weighted by atomic mass is 9.95. The van der Waals surface area contributed by atoms with Crippen LogP contribution in [0.2, 0.25) is 0 Å². The summed E-state index contributed by atoms with van der Waals surface area (Å²) in [6.07, 6.45) is 6.51. The number of benzene rings is 1. The van der Waals surface area contributed by atoms with Gasteiger partial charge in [-0.05, 0) is 44.7 Å². The number of piperidine rings is 1. The minimum absolute atomic E-state index is 0.0534. The Morgan fingerprint density at radius 1 is 1.15 bits per heavy atom. The molecule has 2 aromatic heterocycles. The monoisotopic (exact) mass is 464 g/mol. The highest BCUT2D eigenvalue weighted by molar-refractivity contribution is 5.88. The van der Waals surface area contributed by atoms with Crippen molar-refractivity contribution in [2.24, 2.45) is 5.92 Å². The second-order valence-corrected chi connectivity index (χ2v) is 9.17. The first kappa shape index (κ1) is 24.1. The SMILES string of the molecule is CCCCN(CCCNC(=O)C1CCN(c2ncnc3onc(C)c23)CC1)Cc1ccccc1. The molecule has 8 nitrogen and oxygen atoms in total. The van der Waals surface area contributed by atoms with Crippen molar-refractivity contribution >= 4 is 22.8 Å². The number of rotatable bonds is 11. The Labute approximate surface area is 201 Å². The van der Waals surface area contributed by atoms with Gasteiger partial charge >= 0.3 is 0 Å². The summed E-state index contributed by atoms with van der Waals surface area (Å²) in [6, 6.07) is 10.6. The zero-order chi connectivity index (χ0) is 23.8. The van der Waals surface area contributed by atoms with E-state index in [9.17, 15) is 4.79 Å². The number of nitrogens with zero attached hydrogens (tertiary/aromatic N) is 5. The van der Waals surface area contributed by atoms with E-state index in [1.165, 1.54) is 24.7 Å². The standard InChI is InChI=1S/C26H36N6O2/c1-3-4-14-31(18-21-9-6-5-7-10-21)15-8-13-27-25(33)22-11-16-32(17-12-22)24-23-20(2)30-34-26(23)29-19-28-24/h5-7,9-10,19,22H,3-4,8,11-18H2,1-2H3,(H,27,33). The van der Waals surface area contributed by atoms with E-state index >= 15 is 0 Å². The number of fused-ring (bicyclic) bond motifs is 1. The van der Waals surface area contributed by atoms with E-state index in [1.54, 1.807) is 0 Å². The molecule has 4 rings (SSSR count). The number of carbonyl (C=O) groups is 1. The molecule has 8 heteroatoms. The average molecular weight is 465 g/mol. The highest BCUT2D eigenvalue weighted by atomic mass is 16.5. The average Bonchev–Trinajstić information content (AvgIpc) is 3.26. The molecule has 1 fully saturated rings. The molecule has 0 atom stereocenters. The van der Waals surface area contributed by atoms with Gasteiger partial charge in [0.25, 0.3) is 5.71 Å². The van der Waals surface area contributed by atoms with Crippen molar-refractivity contribution in [1.29, 1.82) is 0 Å². The predicted octanol–water partition coefficient (Wildman–Crippen LogP) is 3.95. The van der Waals surface area contributed by atoms with Crippen LogP contribution in [0.3, 0.4) is 0 Å². The zero-order valence-corrected chi connectivity index (χ0v) is 20.4. The summed E-state index contributed by atoms with van der Waals surface area (Å²) < 4.78 is 5.27. The highest BCUT2D eigenvalue weighted by Gasteiger charge is 2.27. The van der Waals surface area contributed by atoms with Crippen LogP contribution < -0.4 is 10.2 Å². The van der Waals surface area contributed by atoms with Gasteiger partial charge in [0, 0.05) is 38.6 Å². The number of hydrogen-bond acceptors (Lipinski definition) is 7. The van der Waals surface area contributed by atoms with Gasteiger partial charge in [-0.1, -0.05) is 48.8 Å². The van der Waals surface area contributed by atoms with Gasteiger partial charge in [-0.15, -0.1) is 0 Å². The highest BCUT2D eigenvalue weighted by Crippen LogP contribution is 2.29. The third kappa shape index (κ3) is 6.11. The van der Waals surface area contributed by atoms with Crippen LogP contribution >= 0.6 is 0 Å². The molecule has 1 N–H and O–H groups in total. The Morgan fingerprint density at radius 2 is 1.91 bits per heavy atom. The molecule has 1 amide bonds. The molecule has 1 aliphatic heterocycles. The number of unbranched alkanes of at least 4 members (excludes halogenated alkanes) is 1. The van der Waals surface area contributed by atoms with Crippen LogP contribution in [-0.2, 0) is 11.3 Å². The molecule has 0 unspecified atom stereocenters. The smallest absolute Gasteiger partial charge is 0.263 e. The summed E-state index contributed by atoms with van der Waals surface area (Å²) in [4.78, 5) is 26.1. The normalized spacial score (nSPS) is 14.7. The van der Waals surface area contributed by atoms with E-state index in [4.69, 9.17) is 4.52 Å². The minimum Gasteiger partial charge on any atom is -0.356 e. The van der Waals surface area contributed by atoms with Crippen LogP contribution in [0, 0.1) is 12.8 Å². The van der Waals surface area contributed by atoms with E-state index in [1.807, 2.05) is 6.92 Å². The molecule has 1 aliphatic rings. The van der Waals surface area contributed by atoms with Crippen LogP contribution in [0.15, 0.2) is 41.2 Å². The third-order valence-electron chi connectivity index (χ3n) is 6.62. The molecule has 3 heterocycles. The van der Waals surface area contributed by atoms with Crippen LogP contribution in [0.1, 0.15) is 50.3 Å². The minimum atomic E-state index is 0.0534. The maximum atomic E-state index is 12.8. The molecule has 0 bridgehead atoms. The van der Waals surface area contributed by atoms with Crippen molar-refractivity contribution < 1.29 is 9.32 Å². The number of carbonyl (C=O) groups excluding carboxylic acids is 1. The third-order valence-corrected chi connectivity index (χ3v) is 6.62. The lowest BCUT2D eigenvalue weighted by Crippen LogP contribution is -2.41. The van der Waals surface area contributed by atoms with E-state index < -0.39 is 0 Å². The molecule has 0 spiro atoms. The maximum absolute atomic E-state index is 12.8. The second kappa shape index (κ2) is 11.9. The number of aryl methyl sites for hydroxylation is 1. The molecular weight excluding hydrogens is 428 g/mol. The molecule has 3 aromatic rings. The molecule has 0 saturated carbocycles. The van der Waals surface area contributed by atoms with Crippen LogP contribution in [0.5, 0.6) is 0 Å².